The van der Waals surface area contributed by atoms with Crippen LogP contribution in [0.2, 0.25) is 0 Å². The highest BCUT2D eigenvalue weighted by atomic mass is 32.3. The molecule has 36 nitrogen and oxygen atoms in total. The molecule has 98 heavy (non-hydrogen) atoms. The molecule has 2 heterocycles. The van der Waals surface area contributed by atoms with Crippen molar-refractivity contribution in [2.75, 3.05) is 18.6 Å². The van der Waals surface area contributed by atoms with Gasteiger partial charge in [-0.15, -0.1) is 0 Å². The van der Waals surface area contributed by atoms with E-state index in [2.05, 4.69) is 62.3 Å². The molecule has 5 rings (SSSR count). The Morgan fingerprint density at radius 3 is 1.64 bits per heavy atom. The third-order valence-corrected chi connectivity index (χ3v) is 15.3. The Morgan fingerprint density at radius 2 is 1.11 bits per heavy atom. The molecule has 12 amide bonds. The number of hydrogen-bond donors (Lipinski definition) is 18. The van der Waals surface area contributed by atoms with Crippen molar-refractivity contribution in [3.8, 4) is 5.75 Å². The summed E-state index contributed by atoms with van der Waals surface area (Å²) < 4.78 is 36.4. The molecule has 0 radical (unpaired) electrons. The van der Waals surface area contributed by atoms with Gasteiger partial charge in [0.05, 0.1) is 25.5 Å². The summed E-state index contributed by atoms with van der Waals surface area (Å²) in [4.78, 5) is 197. The monoisotopic (exact) mass is 1410 g/mol. The fourth-order valence-corrected chi connectivity index (χ4v) is 10.3. The van der Waals surface area contributed by atoms with E-state index >= 15 is 0 Å². The molecule has 0 saturated carbocycles. The first-order chi connectivity index (χ1) is 46.1. The molecule has 1 fully saturated rings. The number of carboxylic acid groups (broad SMARTS) is 3. The van der Waals surface area contributed by atoms with Crippen molar-refractivity contribution in [1.29, 1.82) is 0 Å². The van der Waals surface area contributed by atoms with Crippen LogP contribution < -0.4 is 68.8 Å². The van der Waals surface area contributed by atoms with Gasteiger partial charge in [0.1, 0.15) is 60.1 Å². The van der Waals surface area contributed by atoms with E-state index in [1.807, 2.05) is 0 Å². The smallest absolute Gasteiger partial charge is 0.446 e. The molecule has 10 atom stereocenters. The molecule has 1 aliphatic rings. The van der Waals surface area contributed by atoms with E-state index in [1.165, 1.54) is 23.9 Å². The van der Waals surface area contributed by atoms with Crippen LogP contribution in [0.1, 0.15) is 75.5 Å². The topological polar surface area (TPSA) is 589 Å². The molecule has 532 valence electrons. The van der Waals surface area contributed by atoms with Gasteiger partial charge >= 0.3 is 22.3 Å². The number of fused-ring (bicyclic) bond motifs is 1. The van der Waals surface area contributed by atoms with Crippen LogP contribution in [0.15, 0.2) is 85.1 Å². The predicted octanol–water partition coefficient (Wildman–Crippen LogP) is -4.42. The fraction of sp³-hybridized carbons (Fsp3) is 0.417. The number of nitrogens with two attached hydrogens (primary N) is 2. The van der Waals surface area contributed by atoms with Gasteiger partial charge in [-0.25, -0.2) is 0 Å². The van der Waals surface area contributed by atoms with Gasteiger partial charge in [-0.3, -0.25) is 76.5 Å². The number of amides is 12. The lowest BCUT2D eigenvalue weighted by molar-refractivity contribution is -0.142. The summed E-state index contributed by atoms with van der Waals surface area (Å²) in [6.45, 7) is 1.16. The highest BCUT2D eigenvalue weighted by Crippen LogP contribution is 2.21. The Hall–Kier alpha value is -10.7. The molecule has 0 aliphatic carbocycles. The largest absolute Gasteiger partial charge is 0.481 e. The maximum absolute atomic E-state index is 14.5. The summed E-state index contributed by atoms with van der Waals surface area (Å²) >= 11 is 1.26. The summed E-state index contributed by atoms with van der Waals surface area (Å²) in [5.74, 6) is -16.7. The van der Waals surface area contributed by atoms with Crippen LogP contribution in [-0.2, 0) is 102 Å². The molecule has 1 aromatic heterocycles. The molecule has 3 aromatic carbocycles. The maximum atomic E-state index is 14.5. The predicted molar refractivity (Wildman–Crippen MR) is 344 cm³/mol. The van der Waals surface area contributed by atoms with Gasteiger partial charge in [0.25, 0.3) is 5.97 Å². The molecular weight excluding hydrogens is 1330 g/mol. The number of para-hydroxylation sites is 1. The average molecular weight is 1410 g/mol. The summed E-state index contributed by atoms with van der Waals surface area (Å²) in [5, 5.41) is 62.0. The third-order valence-electron chi connectivity index (χ3n) is 14.3. The number of benzene rings is 3. The summed E-state index contributed by atoms with van der Waals surface area (Å²) in [7, 11) is -5.02. The number of primary amides is 2. The first-order valence-electron chi connectivity index (χ1n) is 29.8. The van der Waals surface area contributed by atoms with E-state index in [-0.39, 0.29) is 43.4 Å². The van der Waals surface area contributed by atoms with Gasteiger partial charge in [0, 0.05) is 56.1 Å². The van der Waals surface area contributed by atoms with Crippen molar-refractivity contribution in [2.24, 2.45) is 11.5 Å². The van der Waals surface area contributed by atoms with Gasteiger partial charge in [-0.05, 0) is 73.1 Å². The molecule has 10 unspecified atom stereocenters. The normalized spacial score (nSPS) is 15.2. The standard InChI is InChI=1S/C58H73N13O21S2.C2H4O2/c1-29(72)49(71-57(87)40(23-31-12-14-33(15-13-31)92-94(89,90)91)68-56(86)43(26-48(78)79)69-52(82)37(16-18-44(59)73)65-51(81)36-17-19-45(74)63-36)58(88)62-28-46(75)64-41(24-32-27-61-35-11-7-6-10-34(32)35)54(84)66-38(20-21-93-2)53(83)70-42(25-47(76)77)55(85)67-39(50(60)80)22-30-8-4-3-5-9-30;1-2(3)4/h3-15,27,29,36-43,49,61,72H,16-26,28H2,1-2H3,(H2,59,73)(H2,60,80)(H,62,88)(H,63,74)(H,64,75)(H,65,81)(H,66,84)(H,67,85)(H,68,86)(H,69,82)(H,70,83)(H,71,87)(H,76,77)(H,78,79)(H,89,90,91);1H3,(H,3,4). The Kier molecular flexibility index (Phi) is 31.5. The Labute approximate surface area is 563 Å². The second kappa shape index (κ2) is 38.7. The fourth-order valence-electron chi connectivity index (χ4n) is 9.50. The van der Waals surface area contributed by atoms with E-state index in [9.17, 15) is 90.9 Å². The van der Waals surface area contributed by atoms with E-state index in [0.717, 1.165) is 26.0 Å². The molecular formula is C60H77N13O23S2. The number of aromatic nitrogens is 1. The van der Waals surface area contributed by atoms with Gasteiger partial charge in [-0.1, -0.05) is 60.7 Å². The molecule has 4 aromatic rings. The third kappa shape index (κ3) is 27.9. The number of aliphatic carboxylic acids is 3. The lowest BCUT2D eigenvalue weighted by atomic mass is 10.0. The van der Waals surface area contributed by atoms with Crippen molar-refractivity contribution in [1.82, 2.24) is 58.2 Å². The van der Waals surface area contributed by atoms with Crippen molar-refractivity contribution < 1.29 is 109 Å². The average Bonchev–Trinajstić information content (AvgIpc) is 1.41. The highest BCUT2D eigenvalue weighted by Gasteiger charge is 2.37. The molecule has 1 aliphatic heterocycles. The molecule has 0 spiro atoms. The lowest BCUT2D eigenvalue weighted by Crippen LogP contribution is -2.61. The minimum atomic E-state index is -5.02. The van der Waals surface area contributed by atoms with E-state index in [1.54, 1.807) is 67.0 Å². The molecule has 38 heteroatoms. The number of rotatable bonds is 38. The van der Waals surface area contributed by atoms with E-state index in [0.29, 0.717) is 22.0 Å². The zero-order valence-corrected chi connectivity index (χ0v) is 54.5. The number of carboxylic acids is 3. The Bertz CT molecular complexity index is 3670. The number of hydrogen-bond acceptors (Lipinski definition) is 20. The first kappa shape index (κ1) is 79.7. The number of aliphatic hydroxyl groups excluding tert-OH is 1. The highest BCUT2D eigenvalue weighted by molar-refractivity contribution is 7.98. The van der Waals surface area contributed by atoms with Gasteiger partial charge < -0.3 is 94.2 Å². The zero-order chi connectivity index (χ0) is 73.0. The molecule has 1 saturated heterocycles. The lowest BCUT2D eigenvalue weighted by Gasteiger charge is -2.27. The van der Waals surface area contributed by atoms with Crippen LogP contribution in [0, 0.1) is 0 Å². The van der Waals surface area contributed by atoms with Crippen LogP contribution in [0.3, 0.4) is 0 Å². The van der Waals surface area contributed by atoms with Crippen molar-refractivity contribution in [3.63, 3.8) is 0 Å². The van der Waals surface area contributed by atoms with E-state index < -0.39 is 204 Å². The number of carbonyl (C=O) groups is 15. The summed E-state index contributed by atoms with van der Waals surface area (Å²) in [6, 6.07) is 4.78. The van der Waals surface area contributed by atoms with Crippen molar-refractivity contribution in [2.45, 2.75) is 139 Å². The van der Waals surface area contributed by atoms with Gasteiger partial charge in [-0.2, -0.15) is 20.2 Å². The SMILES string of the molecule is CC(=O)O.CSCCC(NC(=O)C(Cc1c[nH]c2ccccc12)NC(=O)CNC(=O)C(NC(=O)C(Cc1ccc(OS(=O)(=O)O)cc1)NC(=O)C(CC(=O)O)NC(=O)C(CCC(N)=O)NC(=O)C1CCC(=O)N1)C(C)O)C(=O)NC(CC(=O)O)C(=O)NC(Cc1ccccc1)C(N)=O. The number of thioether (sulfide) groups is 1. The quantitative estimate of drug-likeness (QED) is 0.0188. The number of nitrogens with one attached hydrogen (secondary N) is 11. The minimum absolute atomic E-state index is 0.0226. The van der Waals surface area contributed by atoms with Crippen LogP contribution >= 0.6 is 11.8 Å². The number of carbonyl (C=O) groups excluding carboxylic acids is 12. The van der Waals surface area contributed by atoms with Crippen LogP contribution in [0.25, 0.3) is 10.9 Å². The van der Waals surface area contributed by atoms with Crippen molar-refractivity contribution in [3.05, 3.63) is 102 Å². The van der Waals surface area contributed by atoms with Crippen molar-refractivity contribution >= 4 is 122 Å². The van der Waals surface area contributed by atoms with Gasteiger partial charge in [0.2, 0.25) is 70.9 Å². The van der Waals surface area contributed by atoms with E-state index in [4.69, 9.17) is 25.9 Å². The molecule has 0 bridgehead atoms. The van der Waals surface area contributed by atoms with Gasteiger partial charge in [0.15, 0.2) is 0 Å². The van der Waals surface area contributed by atoms with Crippen LogP contribution in [0.5, 0.6) is 5.75 Å². The summed E-state index contributed by atoms with van der Waals surface area (Å²) in [5.41, 5.74) is 12.6. The van der Waals surface area contributed by atoms with Crippen LogP contribution in [-0.4, -0.2) is 206 Å². The maximum Gasteiger partial charge on any atom is 0.446 e. The zero-order valence-electron chi connectivity index (χ0n) is 52.9. The summed E-state index contributed by atoms with van der Waals surface area (Å²) in [6.07, 6.45) is -2.72. The second-order valence-corrected chi connectivity index (χ2v) is 24.1. The second-order valence-electron chi connectivity index (χ2n) is 22.1. The minimum Gasteiger partial charge on any atom is -0.481 e. The molecule has 20 N–H and O–H groups in total. The Balaban J connectivity index is 0.00000496. The number of H-pyrrole nitrogens is 1. The van der Waals surface area contributed by atoms with Crippen LogP contribution in [0.4, 0.5) is 0 Å². The first-order valence-corrected chi connectivity index (χ1v) is 32.6. The number of aromatic amines is 1. The number of aliphatic hydroxyl groups is 1. The Morgan fingerprint density at radius 1 is 0.622 bits per heavy atom.